The number of rotatable bonds is 2. The highest BCUT2D eigenvalue weighted by atomic mass is 79.9. The van der Waals surface area contributed by atoms with Crippen LogP contribution in [0.25, 0.3) is 10.2 Å². The largest absolute Gasteiger partial charge is 0.322 e. The van der Waals surface area contributed by atoms with Gasteiger partial charge in [0.2, 0.25) is 0 Å². The van der Waals surface area contributed by atoms with Crippen molar-refractivity contribution >= 4 is 37.5 Å². The van der Waals surface area contributed by atoms with E-state index in [1.54, 1.807) is 11.3 Å². The Morgan fingerprint density at radius 3 is 2.80 bits per heavy atom. The summed E-state index contributed by atoms with van der Waals surface area (Å²) in [6, 6.07) is 6.18. The van der Waals surface area contributed by atoms with Crippen LogP contribution < -0.4 is 5.73 Å². The Hall–Kier alpha value is -0.450. The zero-order chi connectivity index (χ0) is 11.0. The van der Waals surface area contributed by atoms with Crippen molar-refractivity contribution in [2.45, 2.75) is 19.9 Å². The molecule has 1 unspecified atom stereocenters. The maximum absolute atomic E-state index is 6.08. The number of benzene rings is 1. The molecule has 1 aromatic carbocycles. The summed E-state index contributed by atoms with van der Waals surface area (Å²) in [5.41, 5.74) is 7.10. The van der Waals surface area contributed by atoms with E-state index in [1.807, 2.05) is 12.1 Å². The molecule has 0 aliphatic heterocycles. The predicted molar refractivity (Wildman–Crippen MR) is 69.1 cm³/mol. The van der Waals surface area contributed by atoms with Crippen molar-refractivity contribution in [1.82, 2.24) is 4.98 Å². The molecule has 0 radical (unpaired) electrons. The quantitative estimate of drug-likeness (QED) is 0.913. The molecule has 2 nitrogen and oxygen atoms in total. The number of hydrogen-bond donors (Lipinski definition) is 1. The summed E-state index contributed by atoms with van der Waals surface area (Å²) in [5, 5.41) is 1.03. The number of hydrogen-bond acceptors (Lipinski definition) is 3. The van der Waals surface area contributed by atoms with Crippen molar-refractivity contribution in [1.29, 1.82) is 0 Å². The van der Waals surface area contributed by atoms with Crippen LogP contribution in [0.4, 0.5) is 0 Å². The van der Waals surface area contributed by atoms with Crippen LogP contribution in [0.1, 0.15) is 24.9 Å². The maximum atomic E-state index is 6.08. The molecule has 0 saturated heterocycles. The highest BCUT2D eigenvalue weighted by Crippen LogP contribution is 2.30. The van der Waals surface area contributed by atoms with Gasteiger partial charge in [-0.2, -0.15) is 0 Å². The van der Waals surface area contributed by atoms with Crippen molar-refractivity contribution in [2.75, 3.05) is 0 Å². The molecule has 0 amide bonds. The fourth-order valence-electron chi connectivity index (χ4n) is 1.35. The molecule has 2 rings (SSSR count). The van der Waals surface area contributed by atoms with E-state index in [0.717, 1.165) is 15.0 Å². The van der Waals surface area contributed by atoms with Crippen LogP contribution in [0.2, 0.25) is 0 Å². The van der Waals surface area contributed by atoms with Crippen LogP contribution >= 0.6 is 27.3 Å². The lowest BCUT2D eigenvalue weighted by atomic mass is 10.1. The first kappa shape index (κ1) is 11.0. The van der Waals surface area contributed by atoms with Crippen LogP contribution in [0.5, 0.6) is 0 Å². The molecule has 2 N–H and O–H groups in total. The van der Waals surface area contributed by atoms with Crippen molar-refractivity contribution in [3.05, 3.63) is 27.7 Å². The summed E-state index contributed by atoms with van der Waals surface area (Å²) in [6.45, 7) is 4.24. The number of nitrogens with zero attached hydrogens (tertiary/aromatic N) is 1. The second-order valence-electron chi connectivity index (χ2n) is 3.93. The minimum absolute atomic E-state index is 0.0428. The normalized spacial score (nSPS) is 13.7. The van der Waals surface area contributed by atoms with Gasteiger partial charge >= 0.3 is 0 Å². The minimum Gasteiger partial charge on any atom is -0.322 e. The molecular formula is C11H13BrN2S. The molecule has 80 valence electrons. The topological polar surface area (TPSA) is 38.9 Å². The van der Waals surface area contributed by atoms with Gasteiger partial charge in [-0.3, -0.25) is 0 Å². The Morgan fingerprint density at radius 1 is 1.40 bits per heavy atom. The van der Waals surface area contributed by atoms with E-state index in [9.17, 15) is 0 Å². The summed E-state index contributed by atoms with van der Waals surface area (Å²) in [7, 11) is 0. The van der Waals surface area contributed by atoms with E-state index in [1.165, 1.54) is 4.70 Å². The van der Waals surface area contributed by atoms with Gasteiger partial charge in [0.05, 0.1) is 16.3 Å². The molecule has 1 atom stereocenters. The second kappa shape index (κ2) is 4.20. The van der Waals surface area contributed by atoms with Crippen molar-refractivity contribution in [3.8, 4) is 0 Å². The van der Waals surface area contributed by atoms with E-state index in [0.29, 0.717) is 5.92 Å². The number of halogens is 1. The van der Waals surface area contributed by atoms with Gasteiger partial charge in [0, 0.05) is 4.47 Å². The lowest BCUT2D eigenvalue weighted by molar-refractivity contribution is 0.513. The van der Waals surface area contributed by atoms with Gasteiger partial charge in [-0.05, 0) is 24.1 Å². The first-order chi connectivity index (χ1) is 7.08. The molecule has 4 heteroatoms. The Kier molecular flexibility index (Phi) is 3.09. The number of aromatic nitrogens is 1. The third-order valence-electron chi connectivity index (χ3n) is 2.37. The van der Waals surface area contributed by atoms with E-state index < -0.39 is 0 Å². The molecule has 0 bridgehead atoms. The van der Waals surface area contributed by atoms with E-state index >= 15 is 0 Å². The minimum atomic E-state index is 0.0428. The van der Waals surface area contributed by atoms with Crippen molar-refractivity contribution < 1.29 is 0 Å². The highest BCUT2D eigenvalue weighted by Gasteiger charge is 2.15. The average Bonchev–Trinajstić information content (AvgIpc) is 2.58. The number of thiazole rings is 1. The third kappa shape index (κ3) is 2.22. The first-order valence-electron chi connectivity index (χ1n) is 4.89. The van der Waals surface area contributed by atoms with Gasteiger partial charge in [0.25, 0.3) is 0 Å². The van der Waals surface area contributed by atoms with Crippen LogP contribution in [-0.4, -0.2) is 4.98 Å². The van der Waals surface area contributed by atoms with Gasteiger partial charge < -0.3 is 5.73 Å². The standard InChI is InChI=1S/C11H13BrN2S/c1-6(2)10(13)11-14-8-5-7(12)3-4-9(8)15-11/h3-6,10H,13H2,1-2H3. The van der Waals surface area contributed by atoms with Crippen molar-refractivity contribution in [2.24, 2.45) is 11.7 Å². The fourth-order valence-corrected chi connectivity index (χ4v) is 2.82. The number of nitrogens with two attached hydrogens (primary N) is 1. The van der Waals surface area contributed by atoms with E-state index in [4.69, 9.17) is 5.73 Å². The lowest BCUT2D eigenvalue weighted by Gasteiger charge is -2.11. The number of fused-ring (bicyclic) bond motifs is 1. The van der Waals surface area contributed by atoms with Crippen LogP contribution in [-0.2, 0) is 0 Å². The second-order valence-corrected chi connectivity index (χ2v) is 5.91. The zero-order valence-corrected chi connectivity index (χ0v) is 11.1. The fraction of sp³-hybridized carbons (Fsp3) is 0.364. The summed E-state index contributed by atoms with van der Waals surface area (Å²) in [6.07, 6.45) is 0. The Balaban J connectivity index is 2.47. The van der Waals surface area contributed by atoms with E-state index in [-0.39, 0.29) is 6.04 Å². The van der Waals surface area contributed by atoms with Gasteiger partial charge in [-0.1, -0.05) is 29.8 Å². The summed E-state index contributed by atoms with van der Waals surface area (Å²) >= 11 is 5.13. The molecular weight excluding hydrogens is 272 g/mol. The summed E-state index contributed by atoms with van der Waals surface area (Å²) in [4.78, 5) is 4.56. The Morgan fingerprint density at radius 2 is 2.13 bits per heavy atom. The Labute approximate surface area is 102 Å². The van der Waals surface area contributed by atoms with Gasteiger partial charge in [-0.25, -0.2) is 4.98 Å². The molecule has 0 fully saturated rings. The molecule has 0 aliphatic rings. The molecule has 1 aromatic heterocycles. The zero-order valence-electron chi connectivity index (χ0n) is 8.70. The molecule has 15 heavy (non-hydrogen) atoms. The summed E-state index contributed by atoms with van der Waals surface area (Å²) < 4.78 is 2.26. The predicted octanol–water partition coefficient (Wildman–Crippen LogP) is 3.71. The molecule has 0 saturated carbocycles. The maximum Gasteiger partial charge on any atom is 0.111 e. The molecule has 1 heterocycles. The van der Waals surface area contributed by atoms with Crippen LogP contribution in [0.15, 0.2) is 22.7 Å². The third-order valence-corrected chi connectivity index (χ3v) is 4.00. The van der Waals surface area contributed by atoms with Crippen molar-refractivity contribution in [3.63, 3.8) is 0 Å². The molecule has 0 spiro atoms. The highest BCUT2D eigenvalue weighted by molar-refractivity contribution is 9.10. The first-order valence-corrected chi connectivity index (χ1v) is 6.50. The summed E-state index contributed by atoms with van der Waals surface area (Å²) in [5.74, 6) is 0.425. The van der Waals surface area contributed by atoms with Crippen LogP contribution in [0, 0.1) is 5.92 Å². The monoisotopic (exact) mass is 284 g/mol. The lowest BCUT2D eigenvalue weighted by Crippen LogP contribution is -2.16. The SMILES string of the molecule is CC(C)C(N)c1nc2cc(Br)ccc2s1. The molecule has 0 aliphatic carbocycles. The van der Waals surface area contributed by atoms with Crippen LogP contribution in [0.3, 0.4) is 0 Å². The van der Waals surface area contributed by atoms with Gasteiger partial charge in [-0.15, -0.1) is 11.3 Å². The van der Waals surface area contributed by atoms with Gasteiger partial charge in [0.15, 0.2) is 0 Å². The van der Waals surface area contributed by atoms with E-state index in [2.05, 4.69) is 40.8 Å². The smallest absolute Gasteiger partial charge is 0.111 e. The van der Waals surface area contributed by atoms with Gasteiger partial charge in [0.1, 0.15) is 5.01 Å². The Bertz CT molecular complexity index is 478. The molecule has 2 aromatic rings. The average molecular weight is 285 g/mol.